The molecular formula is C24H31FN2O5. The summed E-state index contributed by atoms with van der Waals surface area (Å²) in [5.41, 5.74) is 0.631. The number of nitrogens with one attached hydrogen (secondary N) is 2. The van der Waals surface area contributed by atoms with Crippen LogP contribution in [0.3, 0.4) is 0 Å². The molecule has 1 rings (SSSR count). The number of hydrogen-bond donors (Lipinski definition) is 2. The van der Waals surface area contributed by atoms with Gasteiger partial charge in [0.25, 0.3) is 0 Å². The Bertz CT molecular complexity index is 864. The molecule has 2 amide bonds. The quantitative estimate of drug-likeness (QED) is 0.327. The van der Waals surface area contributed by atoms with Crippen LogP contribution in [0.15, 0.2) is 47.7 Å². The van der Waals surface area contributed by atoms with E-state index < -0.39 is 23.6 Å². The van der Waals surface area contributed by atoms with Gasteiger partial charge in [0.05, 0.1) is 18.9 Å². The molecule has 0 aromatic heterocycles. The lowest BCUT2D eigenvalue weighted by molar-refractivity contribution is -0.124. The number of allylic oxidation sites excluding steroid dienone is 3. The third kappa shape index (κ3) is 11.2. The van der Waals surface area contributed by atoms with Crippen LogP contribution in [-0.4, -0.2) is 43.9 Å². The first-order chi connectivity index (χ1) is 15.0. The van der Waals surface area contributed by atoms with Crippen molar-refractivity contribution in [3.05, 3.63) is 59.1 Å². The summed E-state index contributed by atoms with van der Waals surface area (Å²) in [6.45, 7) is 7.26. The van der Waals surface area contributed by atoms with Crippen LogP contribution in [0.4, 0.5) is 9.18 Å². The molecule has 32 heavy (non-hydrogen) atoms. The van der Waals surface area contributed by atoms with Gasteiger partial charge in [0.2, 0.25) is 5.91 Å². The number of rotatable bonds is 10. The number of carbonyl (C=O) groups is 2. The van der Waals surface area contributed by atoms with Gasteiger partial charge in [-0.05, 0) is 57.5 Å². The second-order valence-electron chi connectivity index (χ2n) is 7.90. The first-order valence-corrected chi connectivity index (χ1v) is 10.0. The van der Waals surface area contributed by atoms with Crippen LogP contribution >= 0.6 is 0 Å². The third-order valence-corrected chi connectivity index (χ3v) is 3.88. The summed E-state index contributed by atoms with van der Waals surface area (Å²) in [6.07, 6.45) is 8.12. The molecule has 2 N–H and O–H groups in total. The molecule has 0 heterocycles. The lowest BCUT2D eigenvalue weighted by Crippen LogP contribution is -2.50. The normalized spacial score (nSPS) is 13.0. The molecule has 0 aliphatic rings. The molecular weight excluding hydrogens is 415 g/mol. The van der Waals surface area contributed by atoms with Crippen molar-refractivity contribution in [3.63, 3.8) is 0 Å². The Morgan fingerprint density at radius 1 is 1.22 bits per heavy atom. The first kappa shape index (κ1) is 26.7. The number of benzene rings is 1. The Kier molecular flexibility index (Phi) is 11.0. The number of carbonyl (C=O) groups excluding carboxylic acids is 2. The molecule has 0 bridgehead atoms. The number of hydrogen-bond acceptors (Lipinski definition) is 5. The topological polar surface area (TPSA) is 85.9 Å². The van der Waals surface area contributed by atoms with Crippen molar-refractivity contribution in [1.29, 1.82) is 0 Å². The van der Waals surface area contributed by atoms with Gasteiger partial charge in [-0.15, -0.1) is 6.42 Å². The maximum atomic E-state index is 12.9. The van der Waals surface area contributed by atoms with Crippen molar-refractivity contribution in [2.45, 2.75) is 45.9 Å². The fraction of sp³-hybridized carbons (Fsp3) is 0.417. The molecule has 8 heteroatoms. The number of terminal acetylenes is 1. The molecule has 7 nitrogen and oxygen atoms in total. The minimum absolute atomic E-state index is 0.0313. The number of methoxy groups -OCH3 is 1. The highest BCUT2D eigenvalue weighted by atomic mass is 19.1. The van der Waals surface area contributed by atoms with E-state index in [1.54, 1.807) is 52.0 Å². The summed E-state index contributed by atoms with van der Waals surface area (Å²) in [7, 11) is 1.42. The molecule has 0 radical (unpaired) electrons. The van der Waals surface area contributed by atoms with Gasteiger partial charge >= 0.3 is 6.09 Å². The van der Waals surface area contributed by atoms with E-state index in [4.69, 9.17) is 20.6 Å². The van der Waals surface area contributed by atoms with Crippen molar-refractivity contribution >= 4 is 12.0 Å². The fourth-order valence-electron chi connectivity index (χ4n) is 2.31. The Labute approximate surface area is 189 Å². The largest absolute Gasteiger partial charge is 0.494 e. The van der Waals surface area contributed by atoms with Gasteiger partial charge in [-0.25, -0.2) is 9.18 Å². The van der Waals surface area contributed by atoms with E-state index in [0.29, 0.717) is 11.3 Å². The van der Waals surface area contributed by atoms with Crippen LogP contribution in [0, 0.1) is 18.2 Å². The van der Waals surface area contributed by atoms with Gasteiger partial charge in [-0.3, -0.25) is 4.79 Å². The van der Waals surface area contributed by atoms with Gasteiger partial charge in [0.15, 0.2) is 0 Å². The fourth-order valence-corrected chi connectivity index (χ4v) is 2.31. The average molecular weight is 447 g/mol. The summed E-state index contributed by atoms with van der Waals surface area (Å²) < 4.78 is 28.7. The number of halogens is 1. The molecule has 1 aromatic rings. The lowest BCUT2D eigenvalue weighted by Gasteiger charge is -2.23. The monoisotopic (exact) mass is 446 g/mol. The molecule has 0 aliphatic heterocycles. The van der Waals surface area contributed by atoms with Gasteiger partial charge < -0.3 is 24.8 Å². The highest BCUT2D eigenvalue weighted by molar-refractivity contribution is 5.86. The lowest BCUT2D eigenvalue weighted by atomic mass is 10.2. The predicted octanol–water partition coefficient (Wildman–Crippen LogP) is 3.46. The highest BCUT2D eigenvalue weighted by Crippen LogP contribution is 2.08. The van der Waals surface area contributed by atoms with Crippen LogP contribution in [-0.2, 0) is 25.6 Å². The molecule has 0 aliphatic carbocycles. The van der Waals surface area contributed by atoms with Crippen LogP contribution < -0.4 is 10.6 Å². The minimum Gasteiger partial charge on any atom is -0.494 e. The standard InChI is InChI=1S/C24H31FN2O5/c1-7-18(9-8-17(2)31-15-19-10-12-20(25)13-11-19)14-26-22(28)21(16-30-6)27-23(29)32-24(3,4)5/h1,8-13,21H,14-16H2,2-6H3,(H,26,28)(H,27,29)/b17-8+,18-9+/t21-/m1/s1. The molecule has 0 saturated carbocycles. The molecule has 1 atom stereocenters. The van der Waals surface area contributed by atoms with E-state index >= 15 is 0 Å². The summed E-state index contributed by atoms with van der Waals surface area (Å²) in [5.74, 6) is 2.32. The second kappa shape index (κ2) is 13.2. The van der Waals surface area contributed by atoms with E-state index in [2.05, 4.69) is 16.6 Å². The average Bonchev–Trinajstić information content (AvgIpc) is 2.71. The smallest absolute Gasteiger partial charge is 0.408 e. The predicted molar refractivity (Wildman–Crippen MR) is 120 cm³/mol. The molecule has 1 aromatic carbocycles. The van der Waals surface area contributed by atoms with Crippen molar-refractivity contribution < 1.29 is 28.2 Å². The molecule has 0 unspecified atom stereocenters. The molecule has 174 valence electrons. The van der Waals surface area contributed by atoms with Crippen molar-refractivity contribution in [1.82, 2.24) is 10.6 Å². The van der Waals surface area contributed by atoms with E-state index in [-0.39, 0.29) is 25.6 Å². The Morgan fingerprint density at radius 3 is 2.44 bits per heavy atom. The number of amides is 2. The van der Waals surface area contributed by atoms with Crippen LogP contribution in [0.5, 0.6) is 0 Å². The maximum Gasteiger partial charge on any atom is 0.408 e. The number of ether oxygens (including phenoxy) is 3. The Morgan fingerprint density at radius 2 is 1.88 bits per heavy atom. The summed E-state index contributed by atoms with van der Waals surface area (Å²) in [5, 5.41) is 5.15. The SMILES string of the molecule is C#C/C(=C\C=C(/C)OCc1ccc(F)cc1)CNC(=O)[C@@H](COC)NC(=O)OC(C)(C)C. The van der Waals surface area contributed by atoms with Gasteiger partial charge in [0, 0.05) is 12.7 Å². The Hall–Kier alpha value is -3.31. The summed E-state index contributed by atoms with van der Waals surface area (Å²) in [6, 6.07) is 5.08. The zero-order valence-electron chi connectivity index (χ0n) is 19.2. The zero-order valence-corrected chi connectivity index (χ0v) is 19.2. The molecule has 0 saturated heterocycles. The highest BCUT2D eigenvalue weighted by Gasteiger charge is 2.24. The first-order valence-electron chi connectivity index (χ1n) is 10.0. The van der Waals surface area contributed by atoms with Gasteiger partial charge in [-0.1, -0.05) is 18.1 Å². The van der Waals surface area contributed by atoms with Crippen LogP contribution in [0.1, 0.15) is 33.3 Å². The van der Waals surface area contributed by atoms with Crippen LogP contribution in [0.25, 0.3) is 0 Å². The zero-order chi connectivity index (χ0) is 24.1. The van der Waals surface area contributed by atoms with E-state index in [0.717, 1.165) is 5.56 Å². The molecule has 0 fully saturated rings. The van der Waals surface area contributed by atoms with E-state index in [1.807, 2.05) is 0 Å². The second-order valence-corrected chi connectivity index (χ2v) is 7.90. The summed E-state index contributed by atoms with van der Waals surface area (Å²) >= 11 is 0. The third-order valence-electron chi connectivity index (χ3n) is 3.88. The van der Waals surface area contributed by atoms with Crippen molar-refractivity contribution in [2.75, 3.05) is 20.3 Å². The summed E-state index contributed by atoms with van der Waals surface area (Å²) in [4.78, 5) is 24.4. The van der Waals surface area contributed by atoms with Crippen molar-refractivity contribution in [2.24, 2.45) is 0 Å². The van der Waals surface area contributed by atoms with Crippen molar-refractivity contribution in [3.8, 4) is 12.3 Å². The minimum atomic E-state index is -0.940. The maximum absolute atomic E-state index is 12.9. The van der Waals surface area contributed by atoms with Crippen LogP contribution in [0.2, 0.25) is 0 Å². The van der Waals surface area contributed by atoms with E-state index in [1.165, 1.54) is 19.2 Å². The van der Waals surface area contributed by atoms with Gasteiger partial charge in [0.1, 0.15) is 24.1 Å². The Balaban J connectivity index is 2.62. The van der Waals surface area contributed by atoms with Gasteiger partial charge in [-0.2, -0.15) is 0 Å². The molecule has 0 spiro atoms. The van der Waals surface area contributed by atoms with E-state index in [9.17, 15) is 14.0 Å². The number of alkyl carbamates (subject to hydrolysis) is 1.